The van der Waals surface area contributed by atoms with Crippen LogP contribution in [0.25, 0.3) is 0 Å². The van der Waals surface area contributed by atoms with E-state index in [4.69, 9.17) is 0 Å². The van der Waals surface area contributed by atoms with E-state index >= 15 is 0 Å². The van der Waals surface area contributed by atoms with Crippen molar-refractivity contribution in [1.29, 1.82) is 0 Å². The number of hydrogen-bond donors (Lipinski definition) is 1. The number of fused-ring (bicyclic) bond motifs is 1. The molecule has 5 nitrogen and oxygen atoms in total. The lowest BCUT2D eigenvalue weighted by atomic mass is 9.85. The topological polar surface area (TPSA) is 66.5 Å². The molecule has 0 saturated carbocycles. The minimum atomic E-state index is -0.216. The molecule has 0 bridgehead atoms. The Morgan fingerprint density at radius 2 is 1.68 bits per heavy atom. The highest BCUT2D eigenvalue weighted by Gasteiger charge is 2.46. The molecule has 3 amide bonds. The molecule has 2 aliphatic rings. The largest absolute Gasteiger partial charge is 0.356 e. The summed E-state index contributed by atoms with van der Waals surface area (Å²) in [6, 6.07) is 10.1. The van der Waals surface area contributed by atoms with Gasteiger partial charge in [0.2, 0.25) is 17.7 Å². The van der Waals surface area contributed by atoms with Crippen molar-refractivity contribution in [3.63, 3.8) is 0 Å². The van der Waals surface area contributed by atoms with Crippen LogP contribution in [0.5, 0.6) is 0 Å². The molecule has 25 heavy (non-hydrogen) atoms. The molecule has 5 heteroatoms. The molecule has 1 N–H and O–H groups in total. The highest BCUT2D eigenvalue weighted by atomic mass is 16.2. The van der Waals surface area contributed by atoms with Gasteiger partial charge in [0.15, 0.2) is 0 Å². The Morgan fingerprint density at radius 3 is 2.32 bits per heavy atom. The van der Waals surface area contributed by atoms with E-state index in [1.165, 1.54) is 10.5 Å². The summed E-state index contributed by atoms with van der Waals surface area (Å²) < 4.78 is 0. The normalized spacial score (nSPS) is 22.2. The number of nitrogens with one attached hydrogen (secondary N) is 1. The summed E-state index contributed by atoms with van der Waals surface area (Å²) in [7, 11) is 0. The quantitative estimate of drug-likeness (QED) is 0.469. The van der Waals surface area contributed by atoms with Crippen LogP contribution in [0.1, 0.15) is 31.2 Å². The van der Waals surface area contributed by atoms with Crippen molar-refractivity contribution in [2.75, 3.05) is 13.1 Å². The zero-order valence-electron chi connectivity index (χ0n) is 14.3. The van der Waals surface area contributed by atoms with Gasteiger partial charge in [0.05, 0.1) is 11.8 Å². The van der Waals surface area contributed by atoms with Gasteiger partial charge in [0, 0.05) is 19.5 Å². The monoisotopic (exact) mass is 340 g/mol. The number of aryl methyl sites for hydroxylation is 1. The Morgan fingerprint density at radius 1 is 1.04 bits per heavy atom. The van der Waals surface area contributed by atoms with Crippen molar-refractivity contribution in [1.82, 2.24) is 10.2 Å². The first-order valence-electron chi connectivity index (χ1n) is 8.97. The first kappa shape index (κ1) is 17.4. The van der Waals surface area contributed by atoms with Gasteiger partial charge in [0.1, 0.15) is 0 Å². The van der Waals surface area contributed by atoms with Gasteiger partial charge in [-0.25, -0.2) is 0 Å². The van der Waals surface area contributed by atoms with Crippen molar-refractivity contribution in [2.24, 2.45) is 11.8 Å². The number of benzene rings is 1. The molecule has 1 aromatic rings. The van der Waals surface area contributed by atoms with Crippen molar-refractivity contribution in [2.45, 2.75) is 32.1 Å². The fourth-order valence-corrected chi connectivity index (χ4v) is 3.56. The number of nitrogens with zero attached hydrogens (tertiary/aromatic N) is 1. The van der Waals surface area contributed by atoms with Crippen molar-refractivity contribution in [3.05, 3.63) is 48.0 Å². The van der Waals surface area contributed by atoms with Gasteiger partial charge in [-0.1, -0.05) is 42.5 Å². The smallest absolute Gasteiger partial charge is 0.233 e. The lowest BCUT2D eigenvalue weighted by Gasteiger charge is -2.14. The third kappa shape index (κ3) is 4.16. The van der Waals surface area contributed by atoms with Crippen LogP contribution >= 0.6 is 0 Å². The second-order valence-electron chi connectivity index (χ2n) is 6.67. The minimum absolute atomic E-state index is 0.110. The summed E-state index contributed by atoms with van der Waals surface area (Å²) in [5.41, 5.74) is 1.25. The zero-order valence-corrected chi connectivity index (χ0v) is 14.3. The van der Waals surface area contributed by atoms with Gasteiger partial charge >= 0.3 is 0 Å². The predicted molar refractivity (Wildman–Crippen MR) is 94.5 cm³/mol. The van der Waals surface area contributed by atoms with Crippen LogP contribution in [0.2, 0.25) is 0 Å². The maximum absolute atomic E-state index is 12.3. The van der Waals surface area contributed by atoms with E-state index in [0.29, 0.717) is 19.4 Å². The van der Waals surface area contributed by atoms with E-state index in [9.17, 15) is 14.4 Å². The van der Waals surface area contributed by atoms with Crippen LogP contribution in [0.15, 0.2) is 42.5 Å². The molecule has 2 unspecified atom stereocenters. The number of rotatable bonds is 7. The molecule has 2 atom stereocenters. The van der Waals surface area contributed by atoms with Gasteiger partial charge in [-0.3, -0.25) is 19.3 Å². The average molecular weight is 340 g/mol. The van der Waals surface area contributed by atoms with E-state index in [0.717, 1.165) is 12.8 Å². The van der Waals surface area contributed by atoms with Crippen LogP contribution in [0, 0.1) is 11.8 Å². The predicted octanol–water partition coefficient (Wildman–Crippen LogP) is 2.08. The van der Waals surface area contributed by atoms with E-state index in [1.807, 2.05) is 30.4 Å². The molecule has 1 saturated heterocycles. The van der Waals surface area contributed by atoms with E-state index < -0.39 is 0 Å². The molecule has 0 spiro atoms. The van der Waals surface area contributed by atoms with Crippen LogP contribution in [-0.4, -0.2) is 35.7 Å². The number of amides is 3. The number of likely N-dealkylation sites (tertiary alicyclic amines) is 1. The number of hydrogen-bond acceptors (Lipinski definition) is 3. The highest BCUT2D eigenvalue weighted by Crippen LogP contribution is 2.34. The Balaban J connectivity index is 1.37. The Bertz CT molecular complexity index is 643. The fraction of sp³-hybridized carbons (Fsp3) is 0.450. The molecule has 0 aromatic heterocycles. The second kappa shape index (κ2) is 8.10. The fourth-order valence-electron chi connectivity index (χ4n) is 3.56. The van der Waals surface area contributed by atoms with Gasteiger partial charge in [-0.15, -0.1) is 0 Å². The Labute approximate surface area is 148 Å². The number of allylic oxidation sites excluding steroid dienone is 2. The molecule has 1 aliphatic heterocycles. The molecule has 1 aromatic carbocycles. The summed E-state index contributed by atoms with van der Waals surface area (Å²) in [5.74, 6) is -0.771. The summed E-state index contributed by atoms with van der Waals surface area (Å²) in [4.78, 5) is 37.9. The summed E-state index contributed by atoms with van der Waals surface area (Å²) in [5, 5.41) is 2.87. The first-order valence-corrected chi connectivity index (χ1v) is 8.97. The maximum Gasteiger partial charge on any atom is 0.233 e. The Kier molecular flexibility index (Phi) is 5.64. The lowest BCUT2D eigenvalue weighted by Crippen LogP contribution is -2.35. The lowest BCUT2D eigenvalue weighted by molar-refractivity contribution is -0.140. The molecule has 0 radical (unpaired) electrons. The highest BCUT2D eigenvalue weighted by molar-refractivity contribution is 6.05. The molecular formula is C20H24N2O3. The molecule has 1 fully saturated rings. The van der Waals surface area contributed by atoms with Crippen LogP contribution < -0.4 is 5.32 Å². The van der Waals surface area contributed by atoms with E-state index in [-0.39, 0.29) is 42.5 Å². The van der Waals surface area contributed by atoms with Crippen molar-refractivity contribution in [3.8, 4) is 0 Å². The van der Waals surface area contributed by atoms with Crippen molar-refractivity contribution < 1.29 is 14.4 Å². The summed E-state index contributed by atoms with van der Waals surface area (Å²) in [6.45, 7) is 0.792. The third-order valence-electron chi connectivity index (χ3n) is 4.97. The standard InChI is InChI=1S/C20H24N2O3/c23-18(21-13-6-9-15-7-2-1-3-8-15)12-14-22-19(24)16-10-4-5-11-17(16)20(22)25/h1-5,7-8,16-17H,6,9-14H2,(H,21,23). The van der Waals surface area contributed by atoms with Gasteiger partial charge in [-0.05, 0) is 31.2 Å². The molecule has 1 aliphatic carbocycles. The minimum Gasteiger partial charge on any atom is -0.356 e. The van der Waals surface area contributed by atoms with Gasteiger partial charge in [0.25, 0.3) is 0 Å². The average Bonchev–Trinajstić information content (AvgIpc) is 2.89. The number of imide groups is 1. The van der Waals surface area contributed by atoms with Crippen LogP contribution in [-0.2, 0) is 20.8 Å². The number of carbonyl (C=O) groups excluding carboxylic acids is 3. The van der Waals surface area contributed by atoms with Crippen molar-refractivity contribution >= 4 is 17.7 Å². The molecule has 132 valence electrons. The molecule has 1 heterocycles. The zero-order chi connectivity index (χ0) is 17.6. The van der Waals surface area contributed by atoms with Gasteiger partial charge in [-0.2, -0.15) is 0 Å². The number of carbonyl (C=O) groups is 3. The third-order valence-corrected chi connectivity index (χ3v) is 4.97. The van der Waals surface area contributed by atoms with Gasteiger partial charge < -0.3 is 5.32 Å². The SMILES string of the molecule is O=C(CCN1C(=O)C2CC=CCC2C1=O)NCCCc1ccccc1. The molecule has 3 rings (SSSR count). The maximum atomic E-state index is 12.3. The summed E-state index contributed by atoms with van der Waals surface area (Å²) >= 11 is 0. The van der Waals surface area contributed by atoms with Crippen LogP contribution in [0.4, 0.5) is 0 Å². The first-order chi connectivity index (χ1) is 12.2. The van der Waals surface area contributed by atoms with E-state index in [2.05, 4.69) is 17.4 Å². The molecular weight excluding hydrogens is 316 g/mol. The second-order valence-corrected chi connectivity index (χ2v) is 6.67. The van der Waals surface area contributed by atoms with Crippen LogP contribution in [0.3, 0.4) is 0 Å². The summed E-state index contributed by atoms with van der Waals surface area (Å²) in [6.07, 6.45) is 7.17. The van der Waals surface area contributed by atoms with E-state index in [1.54, 1.807) is 0 Å². The Hall–Kier alpha value is -2.43.